The van der Waals surface area contributed by atoms with Gasteiger partial charge in [-0.3, -0.25) is 4.79 Å². The van der Waals surface area contributed by atoms with Crippen LogP contribution in [0.15, 0.2) is 41.3 Å². The number of anilines is 1. The summed E-state index contributed by atoms with van der Waals surface area (Å²) < 4.78 is 28.3. The van der Waals surface area contributed by atoms with Crippen molar-refractivity contribution in [2.45, 2.75) is 37.1 Å². The Balaban J connectivity index is 0.00000243. The number of nitrogens with two attached hydrogens (primary N) is 2. The standard InChI is InChI=1S/C18H21N3O3S.ClH/c1-11-5-7-14(10-16(11)18(20)22)25(23,24)21-17-4-2-3-12-9-13(19)6-8-15(12)17;/h5-10,17,21H,2-4,19H2,1H3,(H2,20,22);1H. The number of nitrogen functional groups attached to an aromatic ring is 1. The first-order valence-corrected chi connectivity index (χ1v) is 9.57. The number of fused-ring (bicyclic) bond motifs is 1. The Bertz CT molecular complexity index is 945. The van der Waals surface area contributed by atoms with Crippen LogP contribution in [0.3, 0.4) is 0 Å². The molecule has 1 aliphatic rings. The van der Waals surface area contributed by atoms with Crippen LogP contribution in [0.2, 0.25) is 0 Å². The van der Waals surface area contributed by atoms with Crippen LogP contribution in [0.25, 0.3) is 0 Å². The minimum Gasteiger partial charge on any atom is -0.399 e. The zero-order valence-electron chi connectivity index (χ0n) is 14.4. The number of sulfonamides is 1. The molecule has 1 atom stereocenters. The first-order valence-electron chi connectivity index (χ1n) is 8.09. The fourth-order valence-electron chi connectivity index (χ4n) is 3.25. The average molecular weight is 396 g/mol. The molecule has 1 unspecified atom stereocenters. The third kappa shape index (κ3) is 4.00. The largest absolute Gasteiger partial charge is 0.399 e. The number of carbonyl (C=O) groups is 1. The molecule has 3 rings (SSSR count). The van der Waals surface area contributed by atoms with Crippen molar-refractivity contribution in [2.75, 3.05) is 5.73 Å². The van der Waals surface area contributed by atoms with Crippen LogP contribution >= 0.6 is 12.4 Å². The summed E-state index contributed by atoms with van der Waals surface area (Å²) in [6.45, 7) is 1.71. The van der Waals surface area contributed by atoms with Gasteiger partial charge in [-0.25, -0.2) is 13.1 Å². The van der Waals surface area contributed by atoms with Gasteiger partial charge in [-0.15, -0.1) is 12.4 Å². The van der Waals surface area contributed by atoms with Crippen LogP contribution in [-0.2, 0) is 16.4 Å². The molecule has 0 heterocycles. The summed E-state index contributed by atoms with van der Waals surface area (Å²) >= 11 is 0. The number of rotatable bonds is 4. The smallest absolute Gasteiger partial charge is 0.249 e. The normalized spacial score (nSPS) is 16.4. The number of nitrogens with one attached hydrogen (secondary N) is 1. The maximum Gasteiger partial charge on any atom is 0.249 e. The van der Waals surface area contributed by atoms with Crippen molar-refractivity contribution < 1.29 is 13.2 Å². The first-order chi connectivity index (χ1) is 11.8. The molecule has 6 nitrogen and oxygen atoms in total. The van der Waals surface area contributed by atoms with Crippen molar-refractivity contribution in [3.8, 4) is 0 Å². The quantitative estimate of drug-likeness (QED) is 0.689. The highest BCUT2D eigenvalue weighted by molar-refractivity contribution is 7.89. The van der Waals surface area contributed by atoms with Crippen LogP contribution < -0.4 is 16.2 Å². The van der Waals surface area contributed by atoms with Gasteiger partial charge in [-0.2, -0.15) is 0 Å². The number of carbonyl (C=O) groups excluding carboxylic acids is 1. The fourth-order valence-corrected chi connectivity index (χ4v) is 4.52. The number of halogens is 1. The highest BCUT2D eigenvalue weighted by atomic mass is 35.5. The number of benzene rings is 2. The van der Waals surface area contributed by atoms with E-state index in [1.165, 1.54) is 12.1 Å². The summed E-state index contributed by atoms with van der Waals surface area (Å²) in [4.78, 5) is 11.5. The number of aryl methyl sites for hydroxylation is 2. The zero-order valence-corrected chi connectivity index (χ0v) is 16.0. The predicted molar refractivity (Wildman–Crippen MR) is 104 cm³/mol. The summed E-state index contributed by atoms with van der Waals surface area (Å²) in [6, 6.07) is 9.64. The number of hydrogen-bond donors (Lipinski definition) is 3. The molecule has 140 valence electrons. The molecule has 0 aromatic heterocycles. The van der Waals surface area contributed by atoms with E-state index in [-0.39, 0.29) is 28.9 Å². The molecule has 1 amide bonds. The average Bonchev–Trinajstić information content (AvgIpc) is 2.54. The lowest BCUT2D eigenvalue weighted by Crippen LogP contribution is -2.31. The molecular weight excluding hydrogens is 374 g/mol. The molecule has 8 heteroatoms. The van der Waals surface area contributed by atoms with Crippen molar-refractivity contribution in [1.82, 2.24) is 4.72 Å². The second kappa shape index (κ2) is 7.65. The highest BCUT2D eigenvalue weighted by Crippen LogP contribution is 2.32. The van der Waals surface area contributed by atoms with E-state index >= 15 is 0 Å². The molecule has 0 spiro atoms. The van der Waals surface area contributed by atoms with Crippen LogP contribution in [0.5, 0.6) is 0 Å². The fraction of sp³-hybridized carbons (Fsp3) is 0.278. The van der Waals surface area contributed by atoms with Gasteiger partial charge in [0.1, 0.15) is 0 Å². The molecule has 1 aliphatic carbocycles. The molecule has 0 saturated heterocycles. The summed E-state index contributed by atoms with van der Waals surface area (Å²) in [5.41, 5.74) is 14.7. The number of hydrogen-bond acceptors (Lipinski definition) is 4. The summed E-state index contributed by atoms with van der Waals surface area (Å²) in [6.07, 6.45) is 2.48. The number of primary amides is 1. The lowest BCUT2D eigenvalue weighted by molar-refractivity contribution is 0.0999. The van der Waals surface area contributed by atoms with Crippen molar-refractivity contribution >= 4 is 34.0 Å². The van der Waals surface area contributed by atoms with Gasteiger partial charge < -0.3 is 11.5 Å². The molecule has 2 aromatic rings. The van der Waals surface area contributed by atoms with Crippen molar-refractivity contribution in [3.05, 3.63) is 58.7 Å². The minimum absolute atomic E-state index is 0. The van der Waals surface area contributed by atoms with E-state index in [0.717, 1.165) is 24.0 Å². The third-order valence-electron chi connectivity index (χ3n) is 4.56. The molecule has 0 fully saturated rings. The summed E-state index contributed by atoms with van der Waals surface area (Å²) in [7, 11) is -3.77. The third-order valence-corrected chi connectivity index (χ3v) is 6.03. The Kier molecular flexibility index (Phi) is 5.95. The van der Waals surface area contributed by atoms with E-state index in [1.54, 1.807) is 19.1 Å². The lowest BCUT2D eigenvalue weighted by atomic mass is 9.88. The Morgan fingerprint density at radius 1 is 1.19 bits per heavy atom. The predicted octanol–water partition coefficient (Wildman–Crippen LogP) is 2.45. The van der Waals surface area contributed by atoms with Gasteiger partial charge in [0, 0.05) is 17.3 Å². The lowest BCUT2D eigenvalue weighted by Gasteiger charge is -2.26. The van der Waals surface area contributed by atoms with Crippen molar-refractivity contribution in [2.24, 2.45) is 5.73 Å². The van der Waals surface area contributed by atoms with Gasteiger partial charge in [-0.1, -0.05) is 12.1 Å². The van der Waals surface area contributed by atoms with E-state index in [9.17, 15) is 13.2 Å². The Labute approximate surface area is 159 Å². The molecule has 2 aromatic carbocycles. The van der Waals surface area contributed by atoms with Crippen molar-refractivity contribution in [1.29, 1.82) is 0 Å². The minimum atomic E-state index is -3.77. The van der Waals surface area contributed by atoms with Crippen molar-refractivity contribution in [3.63, 3.8) is 0 Å². The van der Waals surface area contributed by atoms with E-state index in [2.05, 4.69) is 4.72 Å². The van der Waals surface area contributed by atoms with Crippen LogP contribution in [0, 0.1) is 6.92 Å². The molecule has 0 radical (unpaired) electrons. The van der Waals surface area contributed by atoms with E-state index in [4.69, 9.17) is 11.5 Å². The molecule has 26 heavy (non-hydrogen) atoms. The van der Waals surface area contributed by atoms with Gasteiger partial charge >= 0.3 is 0 Å². The van der Waals surface area contributed by atoms with Gasteiger partial charge in [0.2, 0.25) is 15.9 Å². The second-order valence-electron chi connectivity index (χ2n) is 6.37. The van der Waals surface area contributed by atoms with E-state index < -0.39 is 15.9 Å². The van der Waals surface area contributed by atoms with Gasteiger partial charge in [0.15, 0.2) is 0 Å². The summed E-state index contributed by atoms with van der Waals surface area (Å²) in [5.74, 6) is -0.645. The maximum absolute atomic E-state index is 12.8. The Morgan fingerprint density at radius 2 is 1.92 bits per heavy atom. The monoisotopic (exact) mass is 395 g/mol. The highest BCUT2D eigenvalue weighted by Gasteiger charge is 2.26. The molecule has 0 saturated carbocycles. The molecule has 0 bridgehead atoms. The second-order valence-corrected chi connectivity index (χ2v) is 8.08. The van der Waals surface area contributed by atoms with Crippen LogP contribution in [0.4, 0.5) is 5.69 Å². The van der Waals surface area contributed by atoms with E-state index in [1.807, 2.05) is 12.1 Å². The Hall–Kier alpha value is -2.09. The molecular formula is C18H22ClN3O3S. The zero-order chi connectivity index (χ0) is 18.2. The summed E-state index contributed by atoms with van der Waals surface area (Å²) in [5, 5.41) is 0. The van der Waals surface area contributed by atoms with Gasteiger partial charge in [-0.05, 0) is 67.1 Å². The van der Waals surface area contributed by atoms with Crippen LogP contribution in [-0.4, -0.2) is 14.3 Å². The molecule has 0 aliphatic heterocycles. The number of amides is 1. The Morgan fingerprint density at radius 3 is 2.62 bits per heavy atom. The van der Waals surface area contributed by atoms with Crippen LogP contribution in [0.1, 0.15) is 45.9 Å². The molecule has 5 N–H and O–H groups in total. The first kappa shape index (κ1) is 20.2. The van der Waals surface area contributed by atoms with E-state index in [0.29, 0.717) is 17.7 Å². The maximum atomic E-state index is 12.8. The van der Waals surface area contributed by atoms with Gasteiger partial charge in [0.05, 0.1) is 4.90 Å². The van der Waals surface area contributed by atoms with Gasteiger partial charge in [0.25, 0.3) is 0 Å². The SMILES string of the molecule is Cc1ccc(S(=O)(=O)NC2CCCc3cc(N)ccc32)cc1C(N)=O.Cl. The topological polar surface area (TPSA) is 115 Å².